The zero-order valence-electron chi connectivity index (χ0n) is 14.1. The number of benzene rings is 1. The molecule has 1 aromatic heterocycles. The van der Waals surface area contributed by atoms with Crippen molar-refractivity contribution in [3.63, 3.8) is 0 Å². The number of carbonyl (C=O) groups excluding carboxylic acids is 2. The fourth-order valence-electron chi connectivity index (χ4n) is 2.52. The van der Waals surface area contributed by atoms with Crippen molar-refractivity contribution < 1.29 is 23.5 Å². The van der Waals surface area contributed by atoms with Crippen LogP contribution in [0.25, 0.3) is 0 Å². The van der Waals surface area contributed by atoms with Crippen LogP contribution < -0.4 is 15.0 Å². The molecule has 0 saturated carbocycles. The summed E-state index contributed by atoms with van der Waals surface area (Å²) >= 11 is 3.36. The van der Waals surface area contributed by atoms with Gasteiger partial charge in [0.1, 0.15) is 24.7 Å². The minimum atomic E-state index is -0.239. The first-order chi connectivity index (χ1) is 12.6. The number of anilines is 1. The predicted octanol–water partition coefficient (Wildman–Crippen LogP) is 2.49. The molecule has 26 heavy (non-hydrogen) atoms. The highest BCUT2D eigenvalue weighted by Crippen LogP contribution is 2.34. The Morgan fingerprint density at radius 3 is 3.04 bits per heavy atom. The second kappa shape index (κ2) is 8.86. The van der Waals surface area contributed by atoms with Gasteiger partial charge in [0.25, 0.3) is 5.91 Å². The second-order valence-electron chi connectivity index (χ2n) is 5.72. The van der Waals surface area contributed by atoms with Crippen LogP contribution in [-0.4, -0.2) is 38.1 Å². The van der Waals surface area contributed by atoms with E-state index in [1.807, 2.05) is 18.2 Å². The van der Waals surface area contributed by atoms with Gasteiger partial charge in [-0.2, -0.15) is 0 Å². The van der Waals surface area contributed by atoms with Gasteiger partial charge in [0.2, 0.25) is 5.91 Å². The zero-order chi connectivity index (χ0) is 18.4. The van der Waals surface area contributed by atoms with E-state index >= 15 is 0 Å². The lowest BCUT2D eigenvalue weighted by atomic mass is 10.2. The van der Waals surface area contributed by atoms with E-state index in [9.17, 15) is 9.59 Å². The number of hydrogen-bond donors (Lipinski definition) is 1. The number of amides is 2. The molecule has 0 unspecified atom stereocenters. The van der Waals surface area contributed by atoms with Crippen LogP contribution in [0.3, 0.4) is 0 Å². The van der Waals surface area contributed by atoms with E-state index in [1.165, 1.54) is 4.90 Å². The molecule has 1 aromatic carbocycles. The molecular weight excluding hydrogens is 404 g/mol. The van der Waals surface area contributed by atoms with Crippen LogP contribution in [0.15, 0.2) is 45.5 Å². The molecule has 0 atom stereocenters. The van der Waals surface area contributed by atoms with Gasteiger partial charge in [-0.05, 0) is 36.8 Å². The molecule has 1 aliphatic rings. The number of furan rings is 1. The van der Waals surface area contributed by atoms with Crippen molar-refractivity contribution in [3.05, 3.63) is 46.8 Å². The van der Waals surface area contributed by atoms with Gasteiger partial charge < -0.3 is 19.2 Å². The van der Waals surface area contributed by atoms with Crippen LogP contribution in [-0.2, 0) is 20.9 Å². The number of hydrogen-bond acceptors (Lipinski definition) is 5. The maximum absolute atomic E-state index is 12.1. The number of fused-ring (bicyclic) bond motifs is 1. The monoisotopic (exact) mass is 422 g/mol. The molecule has 138 valence electrons. The Kier molecular flexibility index (Phi) is 6.30. The standard InChI is InChI=1S/C18H19BrN2O5/c19-13-4-5-15-16(9-13)26-12-18(23)21(15)10-17(22)20-6-2-7-24-11-14-3-1-8-25-14/h1,3-5,8-9H,2,6-7,10-12H2,(H,20,22). The molecule has 0 spiro atoms. The summed E-state index contributed by atoms with van der Waals surface area (Å²) in [7, 11) is 0. The summed E-state index contributed by atoms with van der Waals surface area (Å²) in [5.74, 6) is 0.889. The summed E-state index contributed by atoms with van der Waals surface area (Å²) in [4.78, 5) is 25.7. The number of carbonyl (C=O) groups is 2. The molecule has 2 heterocycles. The van der Waals surface area contributed by atoms with Crippen LogP contribution in [0.4, 0.5) is 5.69 Å². The summed E-state index contributed by atoms with van der Waals surface area (Å²) in [5.41, 5.74) is 0.599. The van der Waals surface area contributed by atoms with Crippen molar-refractivity contribution in [3.8, 4) is 5.75 Å². The number of nitrogens with one attached hydrogen (secondary N) is 1. The highest BCUT2D eigenvalue weighted by atomic mass is 79.9. The largest absolute Gasteiger partial charge is 0.482 e. The van der Waals surface area contributed by atoms with Gasteiger partial charge in [-0.3, -0.25) is 14.5 Å². The number of halogens is 1. The molecule has 2 aromatic rings. The van der Waals surface area contributed by atoms with Crippen molar-refractivity contribution in [2.24, 2.45) is 0 Å². The molecule has 8 heteroatoms. The Morgan fingerprint density at radius 2 is 2.23 bits per heavy atom. The van der Waals surface area contributed by atoms with Gasteiger partial charge in [0.15, 0.2) is 6.61 Å². The summed E-state index contributed by atoms with van der Waals surface area (Å²) in [6.07, 6.45) is 2.27. The number of ether oxygens (including phenoxy) is 2. The van der Waals surface area contributed by atoms with Gasteiger partial charge >= 0.3 is 0 Å². The molecule has 2 amide bonds. The van der Waals surface area contributed by atoms with Crippen LogP contribution in [0, 0.1) is 0 Å². The van der Waals surface area contributed by atoms with Crippen LogP contribution in [0.5, 0.6) is 5.75 Å². The van der Waals surface area contributed by atoms with E-state index < -0.39 is 0 Å². The van der Waals surface area contributed by atoms with Crippen LogP contribution in [0.1, 0.15) is 12.2 Å². The molecule has 0 aliphatic carbocycles. The zero-order valence-corrected chi connectivity index (χ0v) is 15.7. The van der Waals surface area contributed by atoms with Crippen molar-refractivity contribution in [1.82, 2.24) is 5.32 Å². The second-order valence-corrected chi connectivity index (χ2v) is 6.63. The average molecular weight is 423 g/mol. The first kappa shape index (κ1) is 18.5. The minimum Gasteiger partial charge on any atom is -0.482 e. The molecule has 0 saturated heterocycles. The van der Waals surface area contributed by atoms with Gasteiger partial charge in [-0.15, -0.1) is 0 Å². The first-order valence-corrected chi connectivity index (χ1v) is 9.02. The summed E-state index contributed by atoms with van der Waals surface area (Å²) in [6, 6.07) is 9.00. The molecule has 0 bridgehead atoms. The summed E-state index contributed by atoms with van der Waals surface area (Å²) < 4.78 is 16.9. The Hall–Kier alpha value is -2.32. The third-order valence-corrected chi connectivity index (χ3v) is 4.27. The minimum absolute atomic E-state index is 0.0376. The summed E-state index contributed by atoms with van der Waals surface area (Å²) in [5, 5.41) is 2.80. The molecule has 1 aliphatic heterocycles. The quantitative estimate of drug-likeness (QED) is 0.660. The maximum atomic E-state index is 12.1. The molecule has 1 N–H and O–H groups in total. The van der Waals surface area contributed by atoms with Crippen LogP contribution in [0.2, 0.25) is 0 Å². The van der Waals surface area contributed by atoms with E-state index in [-0.39, 0.29) is 25.0 Å². The van der Waals surface area contributed by atoms with E-state index in [0.29, 0.717) is 37.6 Å². The Labute approximate surface area is 159 Å². The molecule has 0 fully saturated rings. The van der Waals surface area contributed by atoms with Crippen molar-refractivity contribution in [2.45, 2.75) is 13.0 Å². The lowest BCUT2D eigenvalue weighted by Crippen LogP contribution is -2.45. The smallest absolute Gasteiger partial charge is 0.265 e. The predicted molar refractivity (Wildman–Crippen MR) is 98.0 cm³/mol. The third kappa shape index (κ3) is 4.86. The SMILES string of the molecule is O=C(CN1C(=O)COc2cc(Br)ccc21)NCCCOCc1ccco1. The van der Waals surface area contributed by atoms with Gasteiger partial charge in [-0.25, -0.2) is 0 Å². The van der Waals surface area contributed by atoms with Crippen molar-refractivity contribution in [1.29, 1.82) is 0 Å². The molecule has 0 radical (unpaired) electrons. The van der Waals surface area contributed by atoms with Gasteiger partial charge in [-0.1, -0.05) is 15.9 Å². The Balaban J connectivity index is 1.41. The van der Waals surface area contributed by atoms with Crippen LogP contribution >= 0.6 is 15.9 Å². The lowest BCUT2D eigenvalue weighted by Gasteiger charge is -2.29. The Morgan fingerprint density at radius 1 is 1.35 bits per heavy atom. The third-order valence-electron chi connectivity index (χ3n) is 3.78. The van der Waals surface area contributed by atoms with Crippen molar-refractivity contribution >= 4 is 33.4 Å². The maximum Gasteiger partial charge on any atom is 0.265 e. The fraction of sp³-hybridized carbons (Fsp3) is 0.333. The molecule has 7 nitrogen and oxygen atoms in total. The van der Waals surface area contributed by atoms with Gasteiger partial charge in [0, 0.05) is 17.6 Å². The van der Waals surface area contributed by atoms with E-state index in [2.05, 4.69) is 21.2 Å². The normalized spacial score (nSPS) is 13.3. The number of rotatable bonds is 8. The lowest BCUT2D eigenvalue weighted by molar-refractivity contribution is -0.125. The number of nitrogens with zero attached hydrogens (tertiary/aromatic N) is 1. The highest BCUT2D eigenvalue weighted by Gasteiger charge is 2.27. The first-order valence-electron chi connectivity index (χ1n) is 8.23. The molecular formula is C18H19BrN2O5. The van der Waals surface area contributed by atoms with E-state index in [0.717, 1.165) is 10.2 Å². The Bertz CT molecular complexity index is 763. The molecule has 3 rings (SSSR count). The highest BCUT2D eigenvalue weighted by molar-refractivity contribution is 9.10. The average Bonchev–Trinajstić information content (AvgIpc) is 3.14. The van der Waals surface area contributed by atoms with Crippen molar-refractivity contribution in [2.75, 3.05) is 31.2 Å². The van der Waals surface area contributed by atoms with E-state index in [1.54, 1.807) is 18.4 Å². The van der Waals surface area contributed by atoms with E-state index in [4.69, 9.17) is 13.9 Å². The topological polar surface area (TPSA) is 81.0 Å². The fourth-order valence-corrected chi connectivity index (χ4v) is 2.86. The van der Waals surface area contributed by atoms with Gasteiger partial charge in [0.05, 0.1) is 12.0 Å². The summed E-state index contributed by atoms with van der Waals surface area (Å²) in [6.45, 7) is 1.29.